The first-order valence-electron chi connectivity index (χ1n) is 24.9. The topological polar surface area (TPSA) is 108 Å². The number of hydrogen-bond acceptors (Lipinski definition) is 7. The smallest absolute Gasteiger partial charge is 0.462 e. The Bertz CT molecular complexity index is 1180. The van der Waals surface area contributed by atoms with Crippen LogP contribution in [0.4, 0.5) is 0 Å². The van der Waals surface area contributed by atoms with Gasteiger partial charge < -0.3 is 18.9 Å². The molecule has 0 rings (SSSR count). The Morgan fingerprint density at radius 2 is 0.934 bits per heavy atom. The van der Waals surface area contributed by atoms with Crippen molar-refractivity contribution in [3.8, 4) is 0 Å². The molecule has 0 saturated heterocycles. The van der Waals surface area contributed by atoms with Crippen molar-refractivity contribution in [2.24, 2.45) is 0 Å². The number of quaternary nitrogens is 1. The minimum absolute atomic E-state index is 0.0298. The van der Waals surface area contributed by atoms with E-state index in [4.69, 9.17) is 18.5 Å². The molecule has 9 nitrogen and oxygen atoms in total. The zero-order chi connectivity index (χ0) is 45.0. The highest BCUT2D eigenvalue weighted by Crippen LogP contribution is 2.43. The molecule has 0 aromatic carbocycles. The Kier molecular flexibility index (Phi) is 41.8. The standard InChI is InChI=1S/C51H94NO8P/c1-6-8-10-12-14-16-18-20-22-24-25-26-27-28-30-32-34-36-38-40-42-44-51(54)60-49(48-59-61(55,56)58-46-45-52(3,4)5)47-57-50(53)43-41-39-37-35-33-31-29-23-21-19-17-15-13-11-9-7-2/h8,10,14,16,20,22,25-26,49H,6-7,9,11-13,15,17-19,21,23-24,27-48H2,1-5H3/p+1/b10-8-,16-14-,22-20-,26-25-. The highest BCUT2D eigenvalue weighted by molar-refractivity contribution is 7.47. The molecule has 0 aliphatic rings. The lowest BCUT2D eigenvalue weighted by Crippen LogP contribution is -2.37. The van der Waals surface area contributed by atoms with Crippen LogP contribution in [0.1, 0.15) is 213 Å². The lowest BCUT2D eigenvalue weighted by Gasteiger charge is -2.24. The highest BCUT2D eigenvalue weighted by atomic mass is 31.2. The van der Waals surface area contributed by atoms with Crippen LogP contribution < -0.4 is 0 Å². The van der Waals surface area contributed by atoms with Crippen LogP contribution in [-0.2, 0) is 32.7 Å². The fourth-order valence-corrected chi connectivity index (χ4v) is 7.51. The molecule has 0 aromatic heterocycles. The van der Waals surface area contributed by atoms with Crippen LogP contribution in [0.2, 0.25) is 0 Å². The monoisotopic (exact) mass is 881 g/mol. The van der Waals surface area contributed by atoms with Gasteiger partial charge in [0.15, 0.2) is 6.10 Å². The molecule has 0 saturated carbocycles. The molecule has 0 aliphatic carbocycles. The molecule has 0 aliphatic heterocycles. The molecule has 0 bridgehead atoms. The largest absolute Gasteiger partial charge is 0.472 e. The molecule has 61 heavy (non-hydrogen) atoms. The van der Waals surface area contributed by atoms with Crippen molar-refractivity contribution in [3.05, 3.63) is 48.6 Å². The van der Waals surface area contributed by atoms with Gasteiger partial charge in [0, 0.05) is 12.8 Å². The molecular formula is C51H95NO8P+. The van der Waals surface area contributed by atoms with E-state index in [1.54, 1.807) is 0 Å². The summed E-state index contributed by atoms with van der Waals surface area (Å²) in [6, 6.07) is 0. The number of ether oxygens (including phenoxy) is 2. The number of hydrogen-bond donors (Lipinski definition) is 1. The summed E-state index contributed by atoms with van der Waals surface area (Å²) in [6.45, 7) is 4.32. The normalized spacial score (nSPS) is 13.9. The van der Waals surface area contributed by atoms with E-state index in [2.05, 4.69) is 62.5 Å². The van der Waals surface area contributed by atoms with E-state index in [0.717, 1.165) is 70.6 Å². The maximum atomic E-state index is 12.7. The second-order valence-corrected chi connectivity index (χ2v) is 19.3. The third-order valence-corrected chi connectivity index (χ3v) is 11.6. The summed E-state index contributed by atoms with van der Waals surface area (Å²) in [5.74, 6) is -0.801. The number of allylic oxidation sites excluding steroid dienone is 8. The SMILES string of the molecule is CC/C=C\C/C=C\C/C=C\C/C=C\CCCCCCCCCCC(=O)OC(COC(=O)CCCCCCCCCCCCCCCCCC)COP(=O)(O)OCC[N+](C)(C)C. The van der Waals surface area contributed by atoms with Crippen molar-refractivity contribution in [1.82, 2.24) is 0 Å². The molecule has 2 atom stereocenters. The van der Waals surface area contributed by atoms with Crippen molar-refractivity contribution in [2.75, 3.05) is 47.5 Å². The molecule has 356 valence electrons. The third-order valence-electron chi connectivity index (χ3n) is 10.6. The van der Waals surface area contributed by atoms with E-state index in [9.17, 15) is 19.0 Å². The predicted octanol–water partition coefficient (Wildman–Crippen LogP) is 14.6. The summed E-state index contributed by atoms with van der Waals surface area (Å²) < 4.78 is 34.4. The van der Waals surface area contributed by atoms with E-state index >= 15 is 0 Å². The number of likely N-dealkylation sites (N-methyl/N-ethyl adjacent to an activating group) is 1. The maximum absolute atomic E-state index is 12.7. The zero-order valence-electron chi connectivity index (χ0n) is 40.1. The van der Waals surface area contributed by atoms with Gasteiger partial charge in [0.2, 0.25) is 0 Å². The number of esters is 2. The van der Waals surface area contributed by atoms with E-state index in [1.165, 1.54) is 109 Å². The first-order chi connectivity index (χ1) is 29.5. The van der Waals surface area contributed by atoms with Gasteiger partial charge in [0.25, 0.3) is 0 Å². The molecular weight excluding hydrogens is 786 g/mol. The second kappa shape index (κ2) is 43.2. The number of carbonyl (C=O) groups is 2. The van der Waals surface area contributed by atoms with E-state index in [0.29, 0.717) is 17.4 Å². The summed E-state index contributed by atoms with van der Waals surface area (Å²) in [5, 5.41) is 0. The van der Waals surface area contributed by atoms with Gasteiger partial charge in [-0.15, -0.1) is 0 Å². The number of carbonyl (C=O) groups excluding carboxylic acids is 2. The minimum Gasteiger partial charge on any atom is -0.462 e. The maximum Gasteiger partial charge on any atom is 0.472 e. The lowest BCUT2D eigenvalue weighted by atomic mass is 10.0. The average Bonchev–Trinajstić information content (AvgIpc) is 3.21. The van der Waals surface area contributed by atoms with Gasteiger partial charge in [-0.25, -0.2) is 4.57 Å². The Labute approximate surface area is 375 Å². The molecule has 2 unspecified atom stereocenters. The fourth-order valence-electron chi connectivity index (χ4n) is 6.77. The number of rotatable bonds is 45. The summed E-state index contributed by atoms with van der Waals surface area (Å²) in [7, 11) is 1.47. The van der Waals surface area contributed by atoms with Gasteiger partial charge in [0.05, 0.1) is 27.7 Å². The van der Waals surface area contributed by atoms with Gasteiger partial charge in [0.1, 0.15) is 19.8 Å². The van der Waals surface area contributed by atoms with Gasteiger partial charge in [-0.05, 0) is 51.4 Å². The van der Waals surface area contributed by atoms with Crippen LogP contribution in [0.5, 0.6) is 0 Å². The Morgan fingerprint density at radius 3 is 1.39 bits per heavy atom. The first-order valence-corrected chi connectivity index (χ1v) is 26.4. The summed E-state index contributed by atoms with van der Waals surface area (Å²) in [4.78, 5) is 35.5. The summed E-state index contributed by atoms with van der Waals surface area (Å²) in [5.41, 5.74) is 0. The average molecular weight is 881 g/mol. The number of phosphoric ester groups is 1. The number of nitrogens with zero attached hydrogens (tertiary/aromatic N) is 1. The van der Waals surface area contributed by atoms with Crippen LogP contribution in [0.15, 0.2) is 48.6 Å². The van der Waals surface area contributed by atoms with Crippen LogP contribution in [0.25, 0.3) is 0 Å². The quantitative estimate of drug-likeness (QED) is 0.0212. The Morgan fingerprint density at radius 1 is 0.525 bits per heavy atom. The number of phosphoric acid groups is 1. The van der Waals surface area contributed by atoms with Crippen LogP contribution in [0.3, 0.4) is 0 Å². The molecule has 0 fully saturated rings. The van der Waals surface area contributed by atoms with Crippen molar-refractivity contribution < 1.29 is 42.1 Å². The van der Waals surface area contributed by atoms with E-state index in [1.807, 2.05) is 21.1 Å². The fraction of sp³-hybridized carbons (Fsp3) is 0.804. The van der Waals surface area contributed by atoms with E-state index < -0.39 is 26.5 Å². The van der Waals surface area contributed by atoms with Crippen LogP contribution >= 0.6 is 7.82 Å². The number of unbranched alkanes of at least 4 members (excludes halogenated alkanes) is 23. The summed E-state index contributed by atoms with van der Waals surface area (Å²) >= 11 is 0. The predicted molar refractivity (Wildman–Crippen MR) is 257 cm³/mol. The van der Waals surface area contributed by atoms with Gasteiger partial charge >= 0.3 is 19.8 Å². The van der Waals surface area contributed by atoms with Crippen molar-refractivity contribution in [2.45, 2.75) is 219 Å². The molecule has 1 N–H and O–H groups in total. The van der Waals surface area contributed by atoms with E-state index in [-0.39, 0.29) is 32.0 Å². The molecule has 0 radical (unpaired) electrons. The Balaban J connectivity index is 4.28. The van der Waals surface area contributed by atoms with Crippen molar-refractivity contribution >= 4 is 19.8 Å². The first kappa shape index (κ1) is 59.0. The van der Waals surface area contributed by atoms with Gasteiger partial charge in [-0.2, -0.15) is 0 Å². The molecule has 10 heteroatoms. The molecule has 0 spiro atoms. The van der Waals surface area contributed by atoms with Crippen molar-refractivity contribution in [3.63, 3.8) is 0 Å². The summed E-state index contributed by atoms with van der Waals surface area (Å²) in [6.07, 6.45) is 51.5. The van der Waals surface area contributed by atoms with Crippen LogP contribution in [0, 0.1) is 0 Å². The molecule has 0 heterocycles. The van der Waals surface area contributed by atoms with Gasteiger partial charge in [-0.3, -0.25) is 18.6 Å². The zero-order valence-corrected chi connectivity index (χ0v) is 41.0. The molecule has 0 amide bonds. The lowest BCUT2D eigenvalue weighted by molar-refractivity contribution is -0.870. The highest BCUT2D eigenvalue weighted by Gasteiger charge is 2.27. The minimum atomic E-state index is -4.38. The Hall–Kier alpha value is -2.03. The van der Waals surface area contributed by atoms with Crippen LogP contribution in [-0.4, -0.2) is 74.9 Å². The van der Waals surface area contributed by atoms with Gasteiger partial charge in [-0.1, -0.05) is 197 Å². The van der Waals surface area contributed by atoms with Crippen molar-refractivity contribution in [1.29, 1.82) is 0 Å². The second-order valence-electron chi connectivity index (χ2n) is 17.8. The third kappa shape index (κ3) is 47.3. The molecule has 0 aromatic rings.